The molecule has 0 radical (unpaired) electrons. The number of halogens is 1. The average Bonchev–Trinajstić information content (AvgIpc) is 3.33. The summed E-state index contributed by atoms with van der Waals surface area (Å²) >= 11 is 6.19. The number of hydrazone groups is 1. The highest BCUT2D eigenvalue weighted by atomic mass is 35.5. The van der Waals surface area contributed by atoms with E-state index < -0.39 is 22.0 Å². The molecular weight excluding hydrogens is 544 g/mol. The number of benzene rings is 2. The first-order valence-electron chi connectivity index (χ1n) is 12.9. The first-order valence-corrected chi connectivity index (χ1v) is 15.2. The molecule has 1 atom stereocenters. The molecule has 0 spiro atoms. The number of rotatable bonds is 9. The van der Waals surface area contributed by atoms with Crippen LogP contribution in [0.3, 0.4) is 0 Å². The zero-order chi connectivity index (χ0) is 28.2. The van der Waals surface area contributed by atoms with Gasteiger partial charge >= 0.3 is 5.97 Å². The maximum absolute atomic E-state index is 13.3. The first-order chi connectivity index (χ1) is 18.6. The van der Waals surface area contributed by atoms with Gasteiger partial charge in [-0.15, -0.1) is 0 Å². The lowest BCUT2D eigenvalue weighted by atomic mass is 9.94. The van der Waals surface area contributed by atoms with E-state index >= 15 is 0 Å². The third kappa shape index (κ3) is 7.02. The SMILES string of the molecule is CCOC(=O)c1ccc(C2CC(C(=O)NC3CCCCC3)=NN2c2ccc(Cl)cc2OC)c(NS(C)(=O)=O)c1. The lowest BCUT2D eigenvalue weighted by Crippen LogP contribution is -2.39. The fourth-order valence-corrected chi connectivity index (χ4v) is 5.68. The Hall–Kier alpha value is -3.31. The second kappa shape index (κ2) is 12.3. The number of esters is 1. The molecule has 2 aromatic carbocycles. The van der Waals surface area contributed by atoms with Crippen LogP contribution in [-0.2, 0) is 19.6 Å². The van der Waals surface area contributed by atoms with E-state index in [0.29, 0.717) is 27.7 Å². The molecule has 1 fully saturated rings. The van der Waals surface area contributed by atoms with E-state index in [1.807, 2.05) is 0 Å². The van der Waals surface area contributed by atoms with Crippen molar-refractivity contribution in [3.8, 4) is 5.75 Å². The predicted molar refractivity (Wildman–Crippen MR) is 151 cm³/mol. The van der Waals surface area contributed by atoms with Crippen LogP contribution in [0.25, 0.3) is 0 Å². The molecule has 1 aliphatic carbocycles. The molecule has 2 aromatic rings. The maximum Gasteiger partial charge on any atom is 0.338 e. The third-order valence-electron chi connectivity index (χ3n) is 6.72. The van der Waals surface area contributed by atoms with E-state index in [0.717, 1.165) is 38.4 Å². The van der Waals surface area contributed by atoms with Gasteiger partial charge in [-0.2, -0.15) is 5.10 Å². The first kappa shape index (κ1) is 28.7. The minimum absolute atomic E-state index is 0.0952. The van der Waals surface area contributed by atoms with Crippen LogP contribution >= 0.6 is 11.6 Å². The van der Waals surface area contributed by atoms with Crippen LogP contribution in [0.4, 0.5) is 11.4 Å². The Bertz CT molecular complexity index is 1370. The highest BCUT2D eigenvalue weighted by Gasteiger charge is 2.36. The highest BCUT2D eigenvalue weighted by molar-refractivity contribution is 7.92. The van der Waals surface area contributed by atoms with E-state index in [2.05, 4.69) is 10.0 Å². The number of hydrogen-bond donors (Lipinski definition) is 2. The quantitative estimate of drug-likeness (QED) is 0.416. The predicted octanol–water partition coefficient (Wildman–Crippen LogP) is 4.65. The summed E-state index contributed by atoms with van der Waals surface area (Å²) < 4.78 is 37.8. The molecule has 10 nitrogen and oxygen atoms in total. The van der Waals surface area contributed by atoms with Gasteiger partial charge in [-0.05, 0) is 44.0 Å². The Morgan fingerprint density at radius 1 is 1.13 bits per heavy atom. The summed E-state index contributed by atoms with van der Waals surface area (Å²) in [6.07, 6.45) is 6.38. The van der Waals surface area contributed by atoms with Crippen LogP contribution in [0.5, 0.6) is 5.75 Å². The van der Waals surface area contributed by atoms with Gasteiger partial charge in [0.15, 0.2) is 0 Å². The molecule has 12 heteroatoms. The second-order valence-electron chi connectivity index (χ2n) is 9.63. The van der Waals surface area contributed by atoms with Gasteiger partial charge in [0.1, 0.15) is 17.1 Å². The summed E-state index contributed by atoms with van der Waals surface area (Å²) in [7, 11) is -2.21. The number of anilines is 2. The summed E-state index contributed by atoms with van der Waals surface area (Å²) in [6.45, 7) is 1.87. The Morgan fingerprint density at radius 3 is 2.54 bits per heavy atom. The van der Waals surface area contributed by atoms with Crippen LogP contribution in [0, 0.1) is 0 Å². The fourth-order valence-electron chi connectivity index (χ4n) is 4.94. The molecule has 2 N–H and O–H groups in total. The minimum Gasteiger partial charge on any atom is -0.494 e. The van der Waals surface area contributed by atoms with Crippen molar-refractivity contribution in [3.63, 3.8) is 0 Å². The van der Waals surface area contributed by atoms with E-state index in [1.165, 1.54) is 13.2 Å². The topological polar surface area (TPSA) is 126 Å². The Morgan fingerprint density at radius 2 is 1.87 bits per heavy atom. The number of methoxy groups -OCH3 is 1. The number of hydrogen-bond acceptors (Lipinski definition) is 8. The number of nitrogens with zero attached hydrogens (tertiary/aromatic N) is 2. The van der Waals surface area contributed by atoms with E-state index in [1.54, 1.807) is 42.3 Å². The molecule has 0 bridgehead atoms. The van der Waals surface area contributed by atoms with Crippen LogP contribution in [0.1, 0.15) is 67.4 Å². The number of amides is 1. The summed E-state index contributed by atoms with van der Waals surface area (Å²) in [5.74, 6) is -0.402. The Labute approximate surface area is 233 Å². The van der Waals surface area contributed by atoms with Gasteiger partial charge in [-0.1, -0.05) is 36.9 Å². The molecule has 0 aromatic heterocycles. The monoisotopic (exact) mass is 576 g/mol. The highest BCUT2D eigenvalue weighted by Crippen LogP contribution is 2.43. The zero-order valence-electron chi connectivity index (χ0n) is 22.2. The van der Waals surface area contributed by atoms with Crippen molar-refractivity contribution in [1.82, 2.24) is 5.32 Å². The van der Waals surface area contributed by atoms with Crippen molar-refractivity contribution >= 4 is 50.6 Å². The number of ether oxygens (including phenoxy) is 2. The van der Waals surface area contributed by atoms with Crippen molar-refractivity contribution in [2.24, 2.45) is 5.10 Å². The molecule has 1 aliphatic heterocycles. The van der Waals surface area contributed by atoms with Gasteiger partial charge < -0.3 is 14.8 Å². The van der Waals surface area contributed by atoms with Gasteiger partial charge in [0.25, 0.3) is 5.91 Å². The Kier molecular flexibility index (Phi) is 9.01. The smallest absolute Gasteiger partial charge is 0.338 e. The number of carbonyl (C=O) groups is 2. The summed E-state index contributed by atoms with van der Waals surface area (Å²) in [6, 6.07) is 9.22. The van der Waals surface area contributed by atoms with E-state index in [9.17, 15) is 18.0 Å². The minimum atomic E-state index is -3.71. The normalized spacial score (nSPS) is 17.9. The molecule has 1 amide bonds. The van der Waals surface area contributed by atoms with Gasteiger partial charge in [0.2, 0.25) is 10.0 Å². The lowest BCUT2D eigenvalue weighted by molar-refractivity contribution is -0.115. The molecule has 4 rings (SSSR count). The fraction of sp³-hybridized carbons (Fsp3) is 0.444. The van der Waals surface area contributed by atoms with E-state index in [-0.39, 0.29) is 36.2 Å². The van der Waals surface area contributed by atoms with Gasteiger partial charge in [0.05, 0.1) is 37.3 Å². The van der Waals surface area contributed by atoms with Crippen molar-refractivity contribution in [2.45, 2.75) is 57.5 Å². The standard InChI is InChI=1S/C27H33ClN4O6S/c1-4-38-27(34)17-10-12-20(21(14-17)31-39(3,35)36)24-16-22(26(33)29-19-8-6-5-7-9-19)30-32(24)23-13-11-18(28)15-25(23)37-2/h10-15,19,24,31H,4-9,16H2,1-3H3,(H,29,33). The molecule has 1 heterocycles. The summed E-state index contributed by atoms with van der Waals surface area (Å²) in [5, 5.41) is 9.90. The van der Waals surface area contributed by atoms with Gasteiger partial charge in [-0.3, -0.25) is 14.5 Å². The zero-order valence-corrected chi connectivity index (χ0v) is 23.8. The van der Waals surface area contributed by atoms with Crippen molar-refractivity contribution in [2.75, 3.05) is 29.7 Å². The molecule has 210 valence electrons. The van der Waals surface area contributed by atoms with Crippen LogP contribution < -0.4 is 19.8 Å². The van der Waals surface area contributed by atoms with Crippen molar-refractivity contribution in [3.05, 3.63) is 52.5 Å². The molecule has 0 saturated heterocycles. The molecule has 2 aliphatic rings. The average molecular weight is 577 g/mol. The van der Waals surface area contributed by atoms with Crippen LogP contribution in [-0.4, -0.2) is 52.0 Å². The maximum atomic E-state index is 13.3. The number of nitrogens with one attached hydrogen (secondary N) is 2. The largest absolute Gasteiger partial charge is 0.494 e. The van der Waals surface area contributed by atoms with E-state index in [4.69, 9.17) is 26.2 Å². The summed E-state index contributed by atoms with van der Waals surface area (Å²) in [5.41, 5.74) is 1.76. The second-order valence-corrected chi connectivity index (χ2v) is 11.8. The molecule has 1 saturated carbocycles. The molecule has 1 unspecified atom stereocenters. The van der Waals surface area contributed by atoms with Crippen LogP contribution in [0.15, 0.2) is 41.5 Å². The Balaban J connectivity index is 1.77. The van der Waals surface area contributed by atoms with Crippen LogP contribution in [0.2, 0.25) is 5.02 Å². The third-order valence-corrected chi connectivity index (χ3v) is 7.55. The van der Waals surface area contributed by atoms with Gasteiger partial charge in [0, 0.05) is 29.1 Å². The molecular formula is C27H33ClN4O6S. The molecule has 39 heavy (non-hydrogen) atoms. The lowest BCUT2D eigenvalue weighted by Gasteiger charge is -2.27. The van der Waals surface area contributed by atoms with Gasteiger partial charge in [-0.25, -0.2) is 13.2 Å². The van der Waals surface area contributed by atoms with Crippen molar-refractivity contribution in [1.29, 1.82) is 0 Å². The summed E-state index contributed by atoms with van der Waals surface area (Å²) in [4.78, 5) is 25.7. The van der Waals surface area contributed by atoms with Crippen molar-refractivity contribution < 1.29 is 27.5 Å². The number of carbonyl (C=O) groups excluding carboxylic acids is 2. The number of sulfonamides is 1.